The Morgan fingerprint density at radius 2 is 2.11 bits per heavy atom. The number of carbonyl (C=O) groups is 2. The molecule has 0 aromatic heterocycles. The summed E-state index contributed by atoms with van der Waals surface area (Å²) in [6.45, 7) is 0.359. The third-order valence-electron chi connectivity index (χ3n) is 5.00. The number of nitriles is 1. The molecule has 0 radical (unpaired) electrons. The largest absolute Gasteiger partial charge is 0.496 e. The standard InChI is InChI=1S/C20H17N3O4/c1-26-16-7-6-13(11-21)10-14(16)12-23-18(24)20(22-19(23)25)8-9-27-17-5-3-2-4-15(17)20/h2-7,10H,8-9,12H2,1H3,(H,22,25). The van der Waals surface area contributed by atoms with Crippen molar-refractivity contribution in [1.82, 2.24) is 10.2 Å². The fraction of sp³-hybridized carbons (Fsp3) is 0.250. The fourth-order valence-corrected chi connectivity index (χ4v) is 3.66. The Labute approximate surface area is 156 Å². The van der Waals surface area contributed by atoms with Gasteiger partial charge in [-0.05, 0) is 24.3 Å². The van der Waals surface area contributed by atoms with Crippen LogP contribution in [0.4, 0.5) is 4.79 Å². The van der Waals surface area contributed by atoms with E-state index in [4.69, 9.17) is 14.7 Å². The Morgan fingerprint density at radius 3 is 2.89 bits per heavy atom. The van der Waals surface area contributed by atoms with Gasteiger partial charge in [0.25, 0.3) is 5.91 Å². The molecule has 0 aliphatic carbocycles. The van der Waals surface area contributed by atoms with E-state index in [2.05, 4.69) is 11.4 Å². The maximum atomic E-state index is 13.3. The summed E-state index contributed by atoms with van der Waals surface area (Å²) in [5.74, 6) is 0.791. The van der Waals surface area contributed by atoms with Crippen molar-refractivity contribution in [3.8, 4) is 17.6 Å². The molecule has 1 atom stereocenters. The highest BCUT2D eigenvalue weighted by atomic mass is 16.5. The lowest BCUT2D eigenvalue weighted by atomic mass is 9.84. The third-order valence-corrected chi connectivity index (χ3v) is 5.00. The van der Waals surface area contributed by atoms with Crippen LogP contribution < -0.4 is 14.8 Å². The lowest BCUT2D eigenvalue weighted by Crippen LogP contribution is -2.47. The smallest absolute Gasteiger partial charge is 0.325 e. The summed E-state index contributed by atoms with van der Waals surface area (Å²) in [5.41, 5.74) is 0.572. The second kappa shape index (κ2) is 6.32. The van der Waals surface area contributed by atoms with Crippen LogP contribution in [0.1, 0.15) is 23.1 Å². The normalized spacial score (nSPS) is 20.7. The molecule has 2 aliphatic rings. The molecule has 0 bridgehead atoms. The molecule has 0 saturated carbocycles. The monoisotopic (exact) mass is 363 g/mol. The quantitative estimate of drug-likeness (QED) is 0.845. The number of amides is 3. The zero-order chi connectivity index (χ0) is 19.0. The molecule has 1 saturated heterocycles. The van der Waals surface area contributed by atoms with Gasteiger partial charge in [-0.15, -0.1) is 0 Å². The lowest BCUT2D eigenvalue weighted by Gasteiger charge is -2.33. The second-order valence-corrected chi connectivity index (χ2v) is 6.46. The number of methoxy groups -OCH3 is 1. The first kappa shape index (κ1) is 16.9. The summed E-state index contributed by atoms with van der Waals surface area (Å²) in [6.07, 6.45) is 0.362. The SMILES string of the molecule is COc1ccc(C#N)cc1CN1C(=O)NC2(CCOc3ccccc32)C1=O. The number of para-hydroxylation sites is 1. The summed E-state index contributed by atoms with van der Waals surface area (Å²) in [6, 6.07) is 13.7. The van der Waals surface area contributed by atoms with Gasteiger partial charge < -0.3 is 14.8 Å². The van der Waals surface area contributed by atoms with Crippen molar-refractivity contribution in [2.45, 2.75) is 18.5 Å². The van der Waals surface area contributed by atoms with Gasteiger partial charge in [-0.2, -0.15) is 5.26 Å². The fourth-order valence-electron chi connectivity index (χ4n) is 3.66. The van der Waals surface area contributed by atoms with E-state index in [1.54, 1.807) is 30.3 Å². The molecule has 2 aromatic rings. The molecule has 3 amide bonds. The minimum absolute atomic E-state index is 0.0220. The van der Waals surface area contributed by atoms with Crippen LogP contribution in [0.3, 0.4) is 0 Å². The predicted octanol–water partition coefficient (Wildman–Crippen LogP) is 2.30. The highest BCUT2D eigenvalue weighted by Gasteiger charge is 2.54. The molecule has 1 N–H and O–H groups in total. The van der Waals surface area contributed by atoms with E-state index in [1.165, 1.54) is 12.0 Å². The van der Waals surface area contributed by atoms with Crippen molar-refractivity contribution in [3.63, 3.8) is 0 Å². The third kappa shape index (κ3) is 2.57. The molecule has 1 unspecified atom stereocenters. The molecular formula is C20H17N3O4. The highest BCUT2D eigenvalue weighted by Crippen LogP contribution is 2.41. The minimum Gasteiger partial charge on any atom is -0.496 e. The van der Waals surface area contributed by atoms with Gasteiger partial charge in [-0.25, -0.2) is 4.79 Å². The van der Waals surface area contributed by atoms with Crippen molar-refractivity contribution < 1.29 is 19.1 Å². The van der Waals surface area contributed by atoms with Gasteiger partial charge in [-0.1, -0.05) is 18.2 Å². The van der Waals surface area contributed by atoms with E-state index in [0.717, 1.165) is 0 Å². The molecule has 4 rings (SSSR count). The molecular weight excluding hydrogens is 346 g/mol. The number of imide groups is 1. The van der Waals surface area contributed by atoms with Crippen LogP contribution in [-0.4, -0.2) is 30.6 Å². The summed E-state index contributed by atoms with van der Waals surface area (Å²) in [7, 11) is 1.51. The summed E-state index contributed by atoms with van der Waals surface area (Å²) in [4.78, 5) is 27.1. The van der Waals surface area contributed by atoms with E-state index in [-0.39, 0.29) is 12.5 Å². The van der Waals surface area contributed by atoms with Gasteiger partial charge in [0.2, 0.25) is 0 Å². The number of rotatable bonds is 3. The molecule has 1 spiro atoms. The van der Waals surface area contributed by atoms with Crippen LogP contribution in [-0.2, 0) is 16.9 Å². The lowest BCUT2D eigenvalue weighted by molar-refractivity contribution is -0.133. The Kier molecular flexibility index (Phi) is 3.96. The molecule has 2 aromatic carbocycles. The average molecular weight is 363 g/mol. The Morgan fingerprint density at radius 1 is 1.30 bits per heavy atom. The molecule has 7 nitrogen and oxygen atoms in total. The van der Waals surface area contributed by atoms with E-state index >= 15 is 0 Å². The highest BCUT2D eigenvalue weighted by molar-refractivity contribution is 6.07. The number of nitrogens with one attached hydrogen (secondary N) is 1. The zero-order valence-electron chi connectivity index (χ0n) is 14.7. The number of hydrogen-bond donors (Lipinski definition) is 1. The van der Waals surface area contributed by atoms with Crippen LogP contribution in [0.25, 0.3) is 0 Å². The topological polar surface area (TPSA) is 91.7 Å². The number of fused-ring (bicyclic) bond motifs is 2. The Hall–Kier alpha value is -3.53. The molecule has 27 heavy (non-hydrogen) atoms. The maximum absolute atomic E-state index is 13.3. The van der Waals surface area contributed by atoms with Crippen LogP contribution >= 0.6 is 0 Å². The molecule has 1 fully saturated rings. The second-order valence-electron chi connectivity index (χ2n) is 6.46. The summed E-state index contributed by atoms with van der Waals surface area (Å²) >= 11 is 0. The van der Waals surface area contributed by atoms with Crippen LogP contribution in [0.5, 0.6) is 11.5 Å². The minimum atomic E-state index is -1.12. The molecule has 2 heterocycles. The van der Waals surface area contributed by atoms with Crippen molar-refractivity contribution >= 4 is 11.9 Å². The first-order chi connectivity index (χ1) is 13.1. The number of hydrogen-bond acceptors (Lipinski definition) is 5. The zero-order valence-corrected chi connectivity index (χ0v) is 14.7. The van der Waals surface area contributed by atoms with Crippen molar-refractivity contribution in [1.29, 1.82) is 5.26 Å². The first-order valence-corrected chi connectivity index (χ1v) is 8.52. The first-order valence-electron chi connectivity index (χ1n) is 8.52. The van der Waals surface area contributed by atoms with Gasteiger partial charge in [0.05, 0.1) is 31.9 Å². The number of nitrogens with zero attached hydrogens (tertiary/aromatic N) is 2. The number of urea groups is 1. The van der Waals surface area contributed by atoms with Crippen molar-refractivity contribution in [2.75, 3.05) is 13.7 Å². The van der Waals surface area contributed by atoms with Gasteiger partial charge in [0.1, 0.15) is 11.5 Å². The van der Waals surface area contributed by atoms with Gasteiger partial charge in [0.15, 0.2) is 5.54 Å². The molecule has 136 valence electrons. The Bertz CT molecular complexity index is 981. The molecule has 2 aliphatic heterocycles. The van der Waals surface area contributed by atoms with Crippen LogP contribution in [0.2, 0.25) is 0 Å². The van der Waals surface area contributed by atoms with Crippen molar-refractivity contribution in [3.05, 3.63) is 59.2 Å². The van der Waals surface area contributed by atoms with Gasteiger partial charge in [-0.3, -0.25) is 9.69 Å². The Balaban J connectivity index is 1.71. The van der Waals surface area contributed by atoms with Crippen LogP contribution in [0.15, 0.2) is 42.5 Å². The predicted molar refractivity (Wildman–Crippen MR) is 95.0 cm³/mol. The van der Waals surface area contributed by atoms with Gasteiger partial charge in [0, 0.05) is 17.5 Å². The number of benzene rings is 2. The molecule has 7 heteroatoms. The van der Waals surface area contributed by atoms with E-state index in [1.807, 2.05) is 12.1 Å². The van der Waals surface area contributed by atoms with E-state index < -0.39 is 11.6 Å². The van der Waals surface area contributed by atoms with Crippen LogP contribution in [0, 0.1) is 11.3 Å². The van der Waals surface area contributed by atoms with Crippen molar-refractivity contribution in [2.24, 2.45) is 0 Å². The average Bonchev–Trinajstić information content (AvgIpc) is 2.93. The number of carbonyl (C=O) groups excluding carboxylic acids is 2. The van der Waals surface area contributed by atoms with Gasteiger partial charge >= 0.3 is 6.03 Å². The van der Waals surface area contributed by atoms with E-state index in [9.17, 15) is 9.59 Å². The maximum Gasteiger partial charge on any atom is 0.325 e. The summed E-state index contributed by atoms with van der Waals surface area (Å²) in [5, 5.41) is 12.0. The summed E-state index contributed by atoms with van der Waals surface area (Å²) < 4.78 is 11.0. The van der Waals surface area contributed by atoms with E-state index in [0.29, 0.717) is 41.2 Å². The number of ether oxygens (including phenoxy) is 2.